The van der Waals surface area contributed by atoms with Gasteiger partial charge in [-0.1, -0.05) is 13.8 Å². The van der Waals surface area contributed by atoms with Crippen LogP contribution in [0.1, 0.15) is 33.1 Å². The summed E-state index contributed by atoms with van der Waals surface area (Å²) in [5.41, 5.74) is 6.23. The Morgan fingerprint density at radius 1 is 1.20 bits per heavy atom. The first-order chi connectivity index (χ1) is 9.29. The van der Waals surface area contributed by atoms with Crippen molar-refractivity contribution in [2.24, 2.45) is 17.6 Å². The minimum Gasteiger partial charge on any atom is -0.329 e. The van der Waals surface area contributed by atoms with Gasteiger partial charge in [0.1, 0.15) is 0 Å². The van der Waals surface area contributed by atoms with Crippen molar-refractivity contribution in [3.8, 4) is 0 Å². The molecule has 1 heterocycles. The Morgan fingerprint density at radius 2 is 1.80 bits per heavy atom. The molecule has 20 heavy (non-hydrogen) atoms. The average Bonchev–Trinajstić information content (AvgIpc) is 2.39. The largest absolute Gasteiger partial charge is 0.329 e. The summed E-state index contributed by atoms with van der Waals surface area (Å²) in [5, 5.41) is 0. The second-order valence-electron chi connectivity index (χ2n) is 6.74. The van der Waals surface area contributed by atoms with Gasteiger partial charge in [-0.05, 0) is 31.1 Å². The summed E-state index contributed by atoms with van der Waals surface area (Å²) in [4.78, 5) is 2.46. The first kappa shape index (κ1) is 16.2. The van der Waals surface area contributed by atoms with Crippen molar-refractivity contribution in [2.45, 2.75) is 38.6 Å². The molecule has 118 valence electrons. The van der Waals surface area contributed by atoms with E-state index in [9.17, 15) is 8.42 Å². The van der Waals surface area contributed by atoms with Crippen LogP contribution in [0.3, 0.4) is 0 Å². The highest BCUT2D eigenvalue weighted by atomic mass is 32.2. The minimum atomic E-state index is -3.05. The Labute approximate surface area is 123 Å². The number of nitrogens with zero attached hydrogens (tertiary/aromatic N) is 2. The molecule has 6 heteroatoms. The molecule has 3 unspecified atom stereocenters. The molecule has 1 saturated carbocycles. The first-order valence-corrected chi connectivity index (χ1v) is 9.54. The Hall–Kier alpha value is -0.170. The summed E-state index contributed by atoms with van der Waals surface area (Å²) in [6, 6.07) is 0. The predicted molar refractivity (Wildman–Crippen MR) is 82.0 cm³/mol. The van der Waals surface area contributed by atoms with Crippen LogP contribution in [0.15, 0.2) is 0 Å². The molecule has 3 atom stereocenters. The fourth-order valence-electron chi connectivity index (χ4n) is 4.05. The maximum absolute atomic E-state index is 11.6. The van der Waals surface area contributed by atoms with Crippen molar-refractivity contribution in [3.05, 3.63) is 0 Å². The summed E-state index contributed by atoms with van der Waals surface area (Å²) in [6.45, 7) is 8.13. The second kappa shape index (κ2) is 5.91. The van der Waals surface area contributed by atoms with Gasteiger partial charge in [0.2, 0.25) is 10.0 Å². The summed E-state index contributed by atoms with van der Waals surface area (Å²) in [7, 11) is -3.05. The van der Waals surface area contributed by atoms with Gasteiger partial charge < -0.3 is 5.73 Å². The van der Waals surface area contributed by atoms with Gasteiger partial charge >= 0.3 is 0 Å². The summed E-state index contributed by atoms with van der Waals surface area (Å²) >= 11 is 0. The van der Waals surface area contributed by atoms with Crippen LogP contribution in [-0.4, -0.2) is 62.1 Å². The van der Waals surface area contributed by atoms with Crippen LogP contribution in [0.25, 0.3) is 0 Å². The van der Waals surface area contributed by atoms with E-state index in [1.165, 1.54) is 19.1 Å². The molecule has 0 aromatic heterocycles. The van der Waals surface area contributed by atoms with Crippen molar-refractivity contribution < 1.29 is 8.42 Å². The zero-order valence-electron chi connectivity index (χ0n) is 13.0. The maximum Gasteiger partial charge on any atom is 0.211 e. The molecule has 5 nitrogen and oxygen atoms in total. The lowest BCUT2D eigenvalue weighted by Crippen LogP contribution is -2.64. The van der Waals surface area contributed by atoms with E-state index in [0.717, 1.165) is 25.4 Å². The van der Waals surface area contributed by atoms with Crippen LogP contribution in [0.4, 0.5) is 0 Å². The monoisotopic (exact) mass is 303 g/mol. The van der Waals surface area contributed by atoms with Crippen molar-refractivity contribution in [1.82, 2.24) is 9.21 Å². The molecule has 1 saturated heterocycles. The van der Waals surface area contributed by atoms with Gasteiger partial charge in [0.25, 0.3) is 0 Å². The topological polar surface area (TPSA) is 66.6 Å². The van der Waals surface area contributed by atoms with Gasteiger partial charge in [0, 0.05) is 38.3 Å². The number of hydrogen-bond acceptors (Lipinski definition) is 4. The molecule has 2 aliphatic rings. The highest BCUT2D eigenvalue weighted by Gasteiger charge is 2.44. The lowest BCUT2D eigenvalue weighted by Gasteiger charge is -2.53. The average molecular weight is 303 g/mol. The van der Waals surface area contributed by atoms with Crippen LogP contribution in [0.5, 0.6) is 0 Å². The van der Waals surface area contributed by atoms with E-state index in [-0.39, 0.29) is 5.54 Å². The van der Waals surface area contributed by atoms with Crippen molar-refractivity contribution in [1.29, 1.82) is 0 Å². The Morgan fingerprint density at radius 3 is 2.25 bits per heavy atom. The van der Waals surface area contributed by atoms with Gasteiger partial charge in [0.15, 0.2) is 0 Å². The van der Waals surface area contributed by atoms with Crippen LogP contribution in [-0.2, 0) is 10.0 Å². The zero-order chi connectivity index (χ0) is 15.0. The van der Waals surface area contributed by atoms with E-state index in [1.54, 1.807) is 4.31 Å². The van der Waals surface area contributed by atoms with Gasteiger partial charge in [-0.15, -0.1) is 0 Å². The van der Waals surface area contributed by atoms with Crippen LogP contribution in [0.2, 0.25) is 0 Å². The third-order valence-electron chi connectivity index (χ3n) is 5.43. The highest BCUT2D eigenvalue weighted by molar-refractivity contribution is 7.88. The molecule has 0 bridgehead atoms. The summed E-state index contributed by atoms with van der Waals surface area (Å²) in [5.74, 6) is 1.36. The molecule has 1 aliphatic heterocycles. The summed E-state index contributed by atoms with van der Waals surface area (Å²) in [6.07, 6.45) is 4.90. The standard InChI is InChI=1S/C14H29N3O2S/c1-12-4-5-14(11-15,13(2)10-12)16-6-8-17(9-7-16)20(3,18)19/h12-13H,4-11,15H2,1-3H3. The molecule has 2 rings (SSSR count). The molecule has 2 fully saturated rings. The van der Waals surface area contributed by atoms with E-state index in [4.69, 9.17) is 5.73 Å². The van der Waals surface area contributed by atoms with E-state index < -0.39 is 10.0 Å². The van der Waals surface area contributed by atoms with E-state index in [2.05, 4.69) is 18.7 Å². The number of nitrogens with two attached hydrogens (primary N) is 1. The van der Waals surface area contributed by atoms with E-state index in [0.29, 0.717) is 25.6 Å². The molecule has 0 amide bonds. The van der Waals surface area contributed by atoms with Crippen LogP contribution >= 0.6 is 0 Å². The number of sulfonamides is 1. The Kier molecular flexibility index (Phi) is 4.79. The second-order valence-corrected chi connectivity index (χ2v) is 8.72. The van der Waals surface area contributed by atoms with E-state index in [1.807, 2.05) is 0 Å². The van der Waals surface area contributed by atoms with Crippen LogP contribution in [0, 0.1) is 11.8 Å². The fourth-order valence-corrected chi connectivity index (χ4v) is 4.88. The molecular weight excluding hydrogens is 274 g/mol. The molecule has 0 spiro atoms. The number of rotatable bonds is 3. The van der Waals surface area contributed by atoms with Crippen molar-refractivity contribution in [2.75, 3.05) is 39.0 Å². The van der Waals surface area contributed by atoms with Gasteiger partial charge in [-0.3, -0.25) is 4.90 Å². The molecule has 1 aliphatic carbocycles. The quantitative estimate of drug-likeness (QED) is 0.834. The predicted octanol–water partition coefficient (Wildman–Crippen LogP) is 0.717. The van der Waals surface area contributed by atoms with Gasteiger partial charge in [-0.2, -0.15) is 4.31 Å². The van der Waals surface area contributed by atoms with E-state index >= 15 is 0 Å². The molecule has 0 radical (unpaired) electrons. The normalized spacial score (nSPS) is 38.0. The molecule has 2 N–H and O–H groups in total. The molecular formula is C14H29N3O2S. The minimum absolute atomic E-state index is 0.0795. The lowest BCUT2D eigenvalue weighted by atomic mass is 9.68. The Bertz CT molecular complexity index is 432. The van der Waals surface area contributed by atoms with Gasteiger partial charge in [-0.25, -0.2) is 8.42 Å². The highest BCUT2D eigenvalue weighted by Crippen LogP contribution is 2.40. The number of hydrogen-bond donors (Lipinski definition) is 1. The third kappa shape index (κ3) is 3.03. The molecule has 0 aromatic carbocycles. The van der Waals surface area contributed by atoms with Crippen molar-refractivity contribution in [3.63, 3.8) is 0 Å². The van der Waals surface area contributed by atoms with Gasteiger partial charge in [0.05, 0.1) is 6.26 Å². The smallest absolute Gasteiger partial charge is 0.211 e. The first-order valence-electron chi connectivity index (χ1n) is 7.70. The molecule has 0 aromatic rings. The SMILES string of the molecule is CC1CCC(CN)(N2CCN(S(C)(=O)=O)CC2)C(C)C1. The lowest BCUT2D eigenvalue weighted by molar-refractivity contribution is -0.0175. The third-order valence-corrected chi connectivity index (χ3v) is 6.74. The van der Waals surface area contributed by atoms with Crippen molar-refractivity contribution >= 4 is 10.0 Å². The zero-order valence-corrected chi connectivity index (χ0v) is 13.8. The Balaban J connectivity index is 2.07. The number of piperazine rings is 1. The maximum atomic E-state index is 11.6. The fraction of sp³-hybridized carbons (Fsp3) is 1.00. The van der Waals surface area contributed by atoms with Crippen LogP contribution < -0.4 is 5.73 Å². The summed E-state index contributed by atoms with van der Waals surface area (Å²) < 4.78 is 24.8.